The van der Waals surface area contributed by atoms with Gasteiger partial charge in [0.05, 0.1) is 0 Å². The number of aliphatic hydroxyl groups is 1. The number of aryl methyl sites for hydroxylation is 1. The van der Waals surface area contributed by atoms with Gasteiger partial charge in [-0.25, -0.2) is 4.79 Å². The van der Waals surface area contributed by atoms with Gasteiger partial charge in [0.25, 0.3) is 0 Å². The van der Waals surface area contributed by atoms with Gasteiger partial charge in [0.15, 0.2) is 0 Å². The number of carbonyl (C=O) groups excluding carboxylic acids is 1. The van der Waals surface area contributed by atoms with Crippen LogP contribution in [0, 0.1) is 6.92 Å². The first-order valence-electron chi connectivity index (χ1n) is 4.82. The summed E-state index contributed by atoms with van der Waals surface area (Å²) in [5.41, 5.74) is 6.37. The monoisotopic (exact) mass is 243 g/mol. The fourth-order valence-electron chi connectivity index (χ4n) is 1.37. The summed E-state index contributed by atoms with van der Waals surface area (Å²) in [5, 5.41) is 10.3. The number of primary amides is 1. The Labute approximate surface area is 99.0 Å². The molecule has 0 bridgehead atoms. The van der Waals surface area contributed by atoms with E-state index in [0.29, 0.717) is 10.6 Å². The van der Waals surface area contributed by atoms with Crippen molar-refractivity contribution < 1.29 is 14.6 Å². The number of benzene rings is 1. The summed E-state index contributed by atoms with van der Waals surface area (Å²) in [4.78, 5) is 10.5. The van der Waals surface area contributed by atoms with Gasteiger partial charge in [0.1, 0.15) is 12.2 Å². The number of halogens is 1. The molecule has 0 saturated carbocycles. The molecule has 0 saturated heterocycles. The van der Waals surface area contributed by atoms with E-state index in [-0.39, 0.29) is 0 Å². The first kappa shape index (κ1) is 12.8. The minimum atomic E-state index is -0.986. The predicted molar refractivity (Wildman–Crippen MR) is 61.3 cm³/mol. The normalized spacial score (nSPS) is 14.2. The molecule has 1 amide bonds. The molecule has 0 aliphatic heterocycles. The number of hydrogen-bond acceptors (Lipinski definition) is 3. The Morgan fingerprint density at radius 2 is 2.19 bits per heavy atom. The summed E-state index contributed by atoms with van der Waals surface area (Å²) in [6.07, 6.45) is -2.65. The van der Waals surface area contributed by atoms with Crippen molar-refractivity contribution in [2.45, 2.75) is 26.1 Å². The highest BCUT2D eigenvalue weighted by Gasteiger charge is 2.21. The van der Waals surface area contributed by atoms with Gasteiger partial charge in [0, 0.05) is 10.6 Å². The molecule has 5 heteroatoms. The molecule has 1 rings (SSSR count). The SMILES string of the molecule is Cc1ccc([C@@H](O)[C@@H](C)OC(N)=O)c(Cl)c1. The van der Waals surface area contributed by atoms with Crippen LogP contribution in [0.5, 0.6) is 0 Å². The van der Waals surface area contributed by atoms with Crippen molar-refractivity contribution in [1.29, 1.82) is 0 Å². The standard InChI is InChI=1S/C11H14ClNO3/c1-6-3-4-8(9(12)5-6)10(14)7(2)16-11(13)15/h3-5,7,10,14H,1-2H3,(H2,13,15)/t7-,10+/m1/s1. The molecule has 0 unspecified atom stereocenters. The fraction of sp³-hybridized carbons (Fsp3) is 0.364. The lowest BCUT2D eigenvalue weighted by Gasteiger charge is -2.19. The van der Waals surface area contributed by atoms with Crippen molar-refractivity contribution in [2.75, 3.05) is 0 Å². The molecule has 0 radical (unpaired) electrons. The van der Waals surface area contributed by atoms with E-state index in [9.17, 15) is 9.90 Å². The molecule has 2 atom stereocenters. The largest absolute Gasteiger partial charge is 0.444 e. The van der Waals surface area contributed by atoms with E-state index in [1.807, 2.05) is 13.0 Å². The van der Waals surface area contributed by atoms with Crippen LogP contribution in [0.2, 0.25) is 5.02 Å². The van der Waals surface area contributed by atoms with Crippen LogP contribution in [0.25, 0.3) is 0 Å². The first-order chi connectivity index (χ1) is 7.41. The van der Waals surface area contributed by atoms with Crippen molar-refractivity contribution >= 4 is 17.7 Å². The summed E-state index contributed by atoms with van der Waals surface area (Å²) in [6, 6.07) is 5.25. The average Bonchev–Trinajstić information content (AvgIpc) is 2.15. The Morgan fingerprint density at radius 3 is 2.69 bits per heavy atom. The molecule has 0 aromatic heterocycles. The van der Waals surface area contributed by atoms with Crippen LogP contribution >= 0.6 is 11.6 Å². The van der Waals surface area contributed by atoms with Crippen molar-refractivity contribution in [1.82, 2.24) is 0 Å². The number of ether oxygens (including phenoxy) is 1. The second-order valence-electron chi connectivity index (χ2n) is 3.61. The zero-order valence-corrected chi connectivity index (χ0v) is 9.86. The molecule has 1 aromatic rings. The van der Waals surface area contributed by atoms with Crippen LogP contribution in [-0.2, 0) is 4.74 Å². The molecule has 0 fully saturated rings. The smallest absolute Gasteiger partial charge is 0.404 e. The lowest BCUT2D eigenvalue weighted by Crippen LogP contribution is -2.26. The van der Waals surface area contributed by atoms with Gasteiger partial charge < -0.3 is 15.6 Å². The van der Waals surface area contributed by atoms with Gasteiger partial charge >= 0.3 is 6.09 Å². The van der Waals surface area contributed by atoms with Gasteiger partial charge in [-0.05, 0) is 25.5 Å². The second kappa shape index (κ2) is 5.18. The fourth-order valence-corrected chi connectivity index (χ4v) is 1.72. The van der Waals surface area contributed by atoms with Crippen LogP contribution in [0.1, 0.15) is 24.2 Å². The average molecular weight is 244 g/mol. The minimum absolute atomic E-state index is 0.437. The highest BCUT2D eigenvalue weighted by Crippen LogP contribution is 2.27. The summed E-state index contributed by atoms with van der Waals surface area (Å²) < 4.78 is 4.68. The third-order valence-electron chi connectivity index (χ3n) is 2.22. The Morgan fingerprint density at radius 1 is 1.56 bits per heavy atom. The summed E-state index contributed by atoms with van der Waals surface area (Å²) >= 11 is 5.97. The van der Waals surface area contributed by atoms with Crippen LogP contribution in [0.4, 0.5) is 4.79 Å². The lowest BCUT2D eigenvalue weighted by atomic mass is 10.0. The van der Waals surface area contributed by atoms with Crippen LogP contribution < -0.4 is 5.73 Å². The maximum Gasteiger partial charge on any atom is 0.404 e. The lowest BCUT2D eigenvalue weighted by molar-refractivity contribution is 0.0158. The van der Waals surface area contributed by atoms with E-state index in [1.54, 1.807) is 19.1 Å². The molecular formula is C11H14ClNO3. The number of rotatable bonds is 3. The molecule has 1 aromatic carbocycles. The predicted octanol–water partition coefficient (Wildman–Crippen LogP) is 2.17. The number of carbonyl (C=O) groups is 1. The topological polar surface area (TPSA) is 72.6 Å². The van der Waals surface area contributed by atoms with Crippen LogP contribution in [0.15, 0.2) is 18.2 Å². The number of amides is 1. The summed E-state index contributed by atoms with van der Waals surface area (Å²) in [5.74, 6) is 0. The molecule has 0 aliphatic rings. The second-order valence-corrected chi connectivity index (χ2v) is 4.02. The van der Waals surface area contributed by atoms with E-state index in [4.69, 9.17) is 17.3 Å². The number of nitrogens with two attached hydrogens (primary N) is 1. The zero-order chi connectivity index (χ0) is 12.3. The van der Waals surface area contributed by atoms with Gasteiger partial charge in [-0.3, -0.25) is 0 Å². The van der Waals surface area contributed by atoms with Gasteiger partial charge in [-0.1, -0.05) is 23.7 Å². The highest BCUT2D eigenvalue weighted by molar-refractivity contribution is 6.31. The van der Waals surface area contributed by atoms with Crippen LogP contribution in [-0.4, -0.2) is 17.3 Å². The van der Waals surface area contributed by atoms with Crippen molar-refractivity contribution in [3.8, 4) is 0 Å². The Balaban J connectivity index is 2.87. The van der Waals surface area contributed by atoms with Gasteiger partial charge in [-0.2, -0.15) is 0 Å². The molecule has 3 N–H and O–H groups in total. The molecular weight excluding hydrogens is 230 g/mol. The quantitative estimate of drug-likeness (QED) is 0.855. The molecule has 88 valence electrons. The van der Waals surface area contributed by atoms with Crippen molar-refractivity contribution in [3.63, 3.8) is 0 Å². The van der Waals surface area contributed by atoms with E-state index in [1.165, 1.54) is 0 Å². The summed E-state index contributed by atoms with van der Waals surface area (Å²) in [6.45, 7) is 3.44. The minimum Gasteiger partial charge on any atom is -0.444 e. The van der Waals surface area contributed by atoms with Gasteiger partial charge in [0.2, 0.25) is 0 Å². The highest BCUT2D eigenvalue weighted by atomic mass is 35.5. The first-order valence-corrected chi connectivity index (χ1v) is 5.20. The molecule has 16 heavy (non-hydrogen) atoms. The van der Waals surface area contributed by atoms with E-state index in [0.717, 1.165) is 5.56 Å². The molecule has 0 aliphatic carbocycles. The van der Waals surface area contributed by atoms with E-state index < -0.39 is 18.3 Å². The maximum absolute atomic E-state index is 10.5. The van der Waals surface area contributed by atoms with E-state index >= 15 is 0 Å². The van der Waals surface area contributed by atoms with E-state index in [2.05, 4.69) is 4.74 Å². The maximum atomic E-state index is 10.5. The Hall–Kier alpha value is -1.26. The molecule has 4 nitrogen and oxygen atoms in total. The third-order valence-corrected chi connectivity index (χ3v) is 2.55. The molecule has 0 spiro atoms. The van der Waals surface area contributed by atoms with Crippen molar-refractivity contribution in [3.05, 3.63) is 34.3 Å². The Kier molecular flexibility index (Phi) is 4.15. The molecule has 0 heterocycles. The Bertz CT molecular complexity index is 395. The van der Waals surface area contributed by atoms with Crippen molar-refractivity contribution in [2.24, 2.45) is 5.73 Å². The van der Waals surface area contributed by atoms with Crippen LogP contribution in [0.3, 0.4) is 0 Å². The zero-order valence-electron chi connectivity index (χ0n) is 9.11. The number of aliphatic hydroxyl groups excluding tert-OH is 1. The summed E-state index contributed by atoms with van der Waals surface area (Å²) in [7, 11) is 0. The van der Waals surface area contributed by atoms with Gasteiger partial charge in [-0.15, -0.1) is 0 Å². The third kappa shape index (κ3) is 3.12. The number of hydrogen-bond donors (Lipinski definition) is 2.